The number of aryl methyl sites for hydroxylation is 2. The summed E-state index contributed by atoms with van der Waals surface area (Å²) in [6.45, 7) is 6.74. The minimum Gasteiger partial charge on any atom is -0.437 e. The van der Waals surface area contributed by atoms with Crippen molar-refractivity contribution >= 4 is 5.91 Å². The fraction of sp³-hybridized carbons (Fsp3) is 0.414. The van der Waals surface area contributed by atoms with Crippen LogP contribution in [0.2, 0.25) is 0 Å². The Bertz CT molecular complexity index is 1190. The van der Waals surface area contributed by atoms with Crippen molar-refractivity contribution < 1.29 is 14.3 Å². The number of benzene rings is 2. The quantitative estimate of drug-likeness (QED) is 0.503. The summed E-state index contributed by atoms with van der Waals surface area (Å²) in [6, 6.07) is 16.3. The monoisotopic (exact) mass is 471 g/mol. The van der Waals surface area contributed by atoms with Gasteiger partial charge in [0.25, 0.3) is 0 Å². The van der Waals surface area contributed by atoms with Gasteiger partial charge in [-0.2, -0.15) is 0 Å². The number of hydrogen-bond donors (Lipinski definition) is 0. The van der Waals surface area contributed by atoms with E-state index in [-0.39, 0.29) is 11.8 Å². The number of para-hydroxylation sites is 1. The standard InChI is InChI=1S/C29H33N3O3/c1-21-7-5-10-24(17-21)29(12-15-34-16-13-29)28(33)32-14-6-9-23(20-32)25-18-30-19-27(31-25)35-26-11-4-3-8-22(26)2/h3-5,7-8,10-11,17-19,23H,6,9,12-16,20H2,1-2H3. The fourth-order valence-corrected chi connectivity index (χ4v) is 5.39. The summed E-state index contributed by atoms with van der Waals surface area (Å²) in [4.78, 5) is 25.4. The molecule has 1 amide bonds. The van der Waals surface area contributed by atoms with E-state index in [4.69, 9.17) is 14.5 Å². The van der Waals surface area contributed by atoms with Gasteiger partial charge in [0.1, 0.15) is 5.75 Å². The second-order valence-corrected chi connectivity index (χ2v) is 9.80. The highest BCUT2D eigenvalue weighted by Crippen LogP contribution is 2.39. The molecular weight excluding hydrogens is 438 g/mol. The van der Waals surface area contributed by atoms with Crippen LogP contribution in [0.1, 0.15) is 54.0 Å². The van der Waals surface area contributed by atoms with Gasteiger partial charge in [-0.05, 0) is 56.7 Å². The highest BCUT2D eigenvalue weighted by Gasteiger charge is 2.45. The lowest BCUT2D eigenvalue weighted by atomic mass is 9.72. The van der Waals surface area contributed by atoms with E-state index in [1.807, 2.05) is 37.4 Å². The van der Waals surface area contributed by atoms with Crippen LogP contribution in [0.5, 0.6) is 11.6 Å². The minimum absolute atomic E-state index is 0.134. The SMILES string of the molecule is Cc1cccc(C2(C(=O)N3CCCC(c4cncc(Oc5ccccc5C)n4)C3)CCOCC2)c1. The summed E-state index contributed by atoms with van der Waals surface area (Å²) < 4.78 is 11.7. The third-order valence-corrected chi connectivity index (χ3v) is 7.39. The molecule has 2 aliphatic rings. The smallest absolute Gasteiger partial charge is 0.238 e. The van der Waals surface area contributed by atoms with Gasteiger partial charge in [0, 0.05) is 38.4 Å². The molecule has 2 aromatic carbocycles. The molecule has 6 heteroatoms. The van der Waals surface area contributed by atoms with Crippen molar-refractivity contribution in [2.75, 3.05) is 26.3 Å². The molecule has 5 rings (SSSR count). The second-order valence-electron chi connectivity index (χ2n) is 9.80. The van der Waals surface area contributed by atoms with Gasteiger partial charge in [-0.15, -0.1) is 0 Å². The number of ether oxygens (including phenoxy) is 2. The Morgan fingerprint density at radius 1 is 1.09 bits per heavy atom. The molecule has 0 saturated carbocycles. The van der Waals surface area contributed by atoms with Crippen LogP contribution in [0, 0.1) is 13.8 Å². The predicted octanol–water partition coefficient (Wildman–Crippen LogP) is 5.34. The van der Waals surface area contributed by atoms with Crippen molar-refractivity contribution in [3.8, 4) is 11.6 Å². The first-order valence-corrected chi connectivity index (χ1v) is 12.5. The third-order valence-electron chi connectivity index (χ3n) is 7.39. The van der Waals surface area contributed by atoms with Gasteiger partial charge in [-0.25, -0.2) is 4.98 Å². The molecule has 2 fully saturated rings. The van der Waals surface area contributed by atoms with Crippen molar-refractivity contribution in [1.82, 2.24) is 14.9 Å². The maximum absolute atomic E-state index is 14.1. The Balaban J connectivity index is 1.37. The minimum atomic E-state index is -0.520. The lowest BCUT2D eigenvalue weighted by Crippen LogP contribution is -2.52. The van der Waals surface area contributed by atoms with Crippen LogP contribution in [-0.2, 0) is 14.9 Å². The number of likely N-dealkylation sites (tertiary alicyclic amines) is 1. The molecule has 1 aromatic heterocycles. The maximum Gasteiger partial charge on any atom is 0.238 e. The summed E-state index contributed by atoms with van der Waals surface area (Å²) in [6.07, 6.45) is 6.82. The molecule has 0 spiro atoms. The van der Waals surface area contributed by atoms with Crippen LogP contribution in [0.4, 0.5) is 0 Å². The first kappa shape index (κ1) is 23.5. The van der Waals surface area contributed by atoms with E-state index in [9.17, 15) is 4.79 Å². The highest BCUT2D eigenvalue weighted by molar-refractivity contribution is 5.88. The van der Waals surface area contributed by atoms with Crippen LogP contribution < -0.4 is 4.74 Å². The second kappa shape index (κ2) is 10.2. The Morgan fingerprint density at radius 2 is 1.91 bits per heavy atom. The van der Waals surface area contributed by atoms with Crippen molar-refractivity contribution in [2.45, 2.75) is 50.9 Å². The van der Waals surface area contributed by atoms with Crippen molar-refractivity contribution in [3.05, 3.63) is 83.3 Å². The Morgan fingerprint density at radius 3 is 2.71 bits per heavy atom. The molecule has 0 bridgehead atoms. The molecule has 2 aliphatic heterocycles. The maximum atomic E-state index is 14.1. The number of carbonyl (C=O) groups excluding carboxylic acids is 1. The Hall–Kier alpha value is -3.25. The average Bonchev–Trinajstić information content (AvgIpc) is 2.90. The van der Waals surface area contributed by atoms with Gasteiger partial charge in [0.05, 0.1) is 17.3 Å². The normalized spacial score (nSPS) is 19.8. The topological polar surface area (TPSA) is 64.6 Å². The van der Waals surface area contributed by atoms with E-state index >= 15 is 0 Å². The summed E-state index contributed by atoms with van der Waals surface area (Å²) in [7, 11) is 0. The third kappa shape index (κ3) is 4.94. The zero-order chi connectivity index (χ0) is 24.3. The lowest BCUT2D eigenvalue weighted by Gasteiger charge is -2.42. The molecule has 6 nitrogen and oxygen atoms in total. The summed E-state index contributed by atoms with van der Waals surface area (Å²) in [5, 5.41) is 0. The largest absolute Gasteiger partial charge is 0.437 e. The first-order valence-electron chi connectivity index (χ1n) is 12.5. The summed E-state index contributed by atoms with van der Waals surface area (Å²) >= 11 is 0. The Kier molecular flexibility index (Phi) is 6.82. The number of hydrogen-bond acceptors (Lipinski definition) is 5. The molecule has 0 radical (unpaired) electrons. The average molecular weight is 472 g/mol. The molecule has 2 saturated heterocycles. The zero-order valence-corrected chi connectivity index (χ0v) is 20.6. The van der Waals surface area contributed by atoms with E-state index in [1.54, 1.807) is 6.20 Å². The van der Waals surface area contributed by atoms with Crippen LogP contribution >= 0.6 is 0 Å². The molecule has 35 heavy (non-hydrogen) atoms. The van der Waals surface area contributed by atoms with Gasteiger partial charge in [-0.3, -0.25) is 9.78 Å². The van der Waals surface area contributed by atoms with E-state index in [0.29, 0.717) is 25.6 Å². The van der Waals surface area contributed by atoms with Crippen molar-refractivity contribution in [2.24, 2.45) is 0 Å². The Labute approximate surface area is 207 Å². The van der Waals surface area contributed by atoms with Crippen LogP contribution in [0.15, 0.2) is 60.9 Å². The van der Waals surface area contributed by atoms with Gasteiger partial charge >= 0.3 is 0 Å². The molecule has 182 valence electrons. The number of amides is 1. The van der Waals surface area contributed by atoms with Crippen molar-refractivity contribution in [3.63, 3.8) is 0 Å². The van der Waals surface area contributed by atoms with E-state index in [1.165, 1.54) is 5.56 Å². The van der Waals surface area contributed by atoms with Gasteiger partial charge in [0.15, 0.2) is 0 Å². The van der Waals surface area contributed by atoms with E-state index < -0.39 is 5.41 Å². The van der Waals surface area contributed by atoms with Gasteiger partial charge in [0.2, 0.25) is 11.8 Å². The molecule has 0 aliphatic carbocycles. The van der Waals surface area contributed by atoms with Gasteiger partial charge < -0.3 is 14.4 Å². The predicted molar refractivity (Wildman–Crippen MR) is 135 cm³/mol. The van der Waals surface area contributed by atoms with Crippen LogP contribution in [0.25, 0.3) is 0 Å². The number of nitrogens with zero attached hydrogens (tertiary/aromatic N) is 3. The number of aromatic nitrogens is 2. The van der Waals surface area contributed by atoms with Gasteiger partial charge in [-0.1, -0.05) is 48.0 Å². The summed E-state index contributed by atoms with van der Waals surface area (Å²) in [5.74, 6) is 1.62. The molecule has 3 aromatic rings. The first-order chi connectivity index (χ1) is 17.0. The zero-order valence-electron chi connectivity index (χ0n) is 20.6. The number of carbonyl (C=O) groups is 1. The number of rotatable bonds is 5. The number of piperidine rings is 1. The van der Waals surface area contributed by atoms with E-state index in [0.717, 1.165) is 54.8 Å². The fourth-order valence-electron chi connectivity index (χ4n) is 5.39. The van der Waals surface area contributed by atoms with Crippen molar-refractivity contribution in [1.29, 1.82) is 0 Å². The van der Waals surface area contributed by atoms with Crippen LogP contribution in [-0.4, -0.2) is 47.1 Å². The highest BCUT2D eigenvalue weighted by atomic mass is 16.5. The molecule has 3 heterocycles. The molecule has 1 unspecified atom stereocenters. The lowest BCUT2D eigenvalue weighted by molar-refractivity contribution is -0.142. The van der Waals surface area contributed by atoms with E-state index in [2.05, 4.69) is 41.1 Å². The van der Waals surface area contributed by atoms with Crippen LogP contribution in [0.3, 0.4) is 0 Å². The molecule has 1 atom stereocenters. The molecule has 0 N–H and O–H groups in total. The summed E-state index contributed by atoms with van der Waals surface area (Å²) in [5.41, 5.74) is 3.70. The molecular formula is C29H33N3O3.